The number of rotatable bonds is 8. The van der Waals surface area contributed by atoms with Gasteiger partial charge in [-0.15, -0.1) is 11.3 Å². The van der Waals surface area contributed by atoms with Crippen molar-refractivity contribution in [1.82, 2.24) is 19.4 Å². The molecule has 0 radical (unpaired) electrons. The van der Waals surface area contributed by atoms with Crippen LogP contribution in [-0.2, 0) is 16.1 Å². The van der Waals surface area contributed by atoms with E-state index in [4.69, 9.17) is 4.74 Å². The Labute approximate surface area is 219 Å². The lowest BCUT2D eigenvalue weighted by atomic mass is 10.1. The number of nitrogens with zero attached hydrogens (tertiary/aromatic N) is 3. The van der Waals surface area contributed by atoms with Gasteiger partial charge in [0.25, 0.3) is 11.5 Å². The highest BCUT2D eigenvalue weighted by molar-refractivity contribution is 7.20. The van der Waals surface area contributed by atoms with Gasteiger partial charge < -0.3 is 15.0 Å². The normalized spacial score (nSPS) is 15.3. The maximum atomic E-state index is 13.8. The van der Waals surface area contributed by atoms with Gasteiger partial charge in [-0.05, 0) is 76.3 Å². The van der Waals surface area contributed by atoms with Crippen LogP contribution in [0.3, 0.4) is 0 Å². The highest BCUT2D eigenvalue weighted by Gasteiger charge is 2.26. The molecule has 1 atom stereocenters. The topological polar surface area (TPSA) is 103 Å². The number of hydrogen-bond donors (Lipinski definition) is 1. The molecule has 10 heteroatoms. The van der Waals surface area contributed by atoms with Crippen LogP contribution in [0.2, 0.25) is 0 Å². The second-order valence-corrected chi connectivity index (χ2v) is 10.4. The molecule has 37 heavy (non-hydrogen) atoms. The third kappa shape index (κ3) is 5.13. The first-order chi connectivity index (χ1) is 17.7. The molecule has 1 N–H and O–H groups in total. The number of benzene rings is 1. The summed E-state index contributed by atoms with van der Waals surface area (Å²) in [5.41, 5.74) is 1.81. The number of carbonyl (C=O) groups excluding carboxylic acids is 2. The van der Waals surface area contributed by atoms with Crippen LogP contribution in [0, 0.1) is 20.8 Å². The zero-order chi connectivity index (χ0) is 26.9. The first kappa shape index (κ1) is 26.8. The molecule has 0 aliphatic carbocycles. The number of carbonyl (C=O) groups is 2. The first-order valence-electron chi connectivity index (χ1n) is 12.7. The maximum absolute atomic E-state index is 13.8. The highest BCUT2D eigenvalue weighted by atomic mass is 32.1. The van der Waals surface area contributed by atoms with Crippen molar-refractivity contribution in [3.8, 4) is 5.69 Å². The standard InChI is InChI=1S/C27H34N4O5S/c1-6-29(7-2)25(34)23-18(5)22-24(33)31(19-11-10-16(3)17(4)13-19)27(35)30(26(22)37-23)15-21(32)28-14-20-9-8-12-36-20/h10-11,13,20H,6-9,12,14-15H2,1-5H3,(H,28,32)/t20-/m1/s1. The fourth-order valence-corrected chi connectivity index (χ4v) is 5.93. The number of aryl methyl sites for hydroxylation is 3. The van der Waals surface area contributed by atoms with Crippen LogP contribution >= 0.6 is 11.3 Å². The third-order valence-electron chi connectivity index (χ3n) is 7.06. The van der Waals surface area contributed by atoms with Crippen LogP contribution in [0.1, 0.15) is 53.1 Å². The molecule has 1 aliphatic heterocycles. The molecular formula is C27H34N4O5S. The predicted octanol–water partition coefficient (Wildman–Crippen LogP) is 2.92. The molecule has 9 nitrogen and oxygen atoms in total. The summed E-state index contributed by atoms with van der Waals surface area (Å²) in [7, 11) is 0. The minimum atomic E-state index is -0.615. The molecular weight excluding hydrogens is 492 g/mol. The average molecular weight is 527 g/mol. The summed E-state index contributed by atoms with van der Waals surface area (Å²) in [5.74, 6) is -0.547. The minimum absolute atomic E-state index is 0.0348. The van der Waals surface area contributed by atoms with E-state index in [0.717, 1.165) is 39.9 Å². The van der Waals surface area contributed by atoms with Crippen molar-refractivity contribution in [2.24, 2.45) is 0 Å². The van der Waals surface area contributed by atoms with Gasteiger partial charge in [-0.3, -0.25) is 19.0 Å². The van der Waals surface area contributed by atoms with Crippen molar-refractivity contribution in [1.29, 1.82) is 0 Å². The smallest absolute Gasteiger partial charge is 0.337 e. The molecule has 1 saturated heterocycles. The monoisotopic (exact) mass is 526 g/mol. The lowest BCUT2D eigenvalue weighted by Gasteiger charge is -2.17. The van der Waals surface area contributed by atoms with E-state index in [2.05, 4.69) is 5.32 Å². The van der Waals surface area contributed by atoms with E-state index in [0.29, 0.717) is 47.2 Å². The molecule has 0 unspecified atom stereocenters. The minimum Gasteiger partial charge on any atom is -0.376 e. The van der Waals surface area contributed by atoms with Gasteiger partial charge >= 0.3 is 5.69 Å². The Balaban J connectivity index is 1.88. The largest absolute Gasteiger partial charge is 0.376 e. The van der Waals surface area contributed by atoms with Gasteiger partial charge in [0.2, 0.25) is 5.91 Å². The molecule has 2 amide bonds. The summed E-state index contributed by atoms with van der Waals surface area (Å²) in [6.07, 6.45) is 1.80. The van der Waals surface area contributed by atoms with E-state index in [1.165, 1.54) is 4.57 Å². The lowest BCUT2D eigenvalue weighted by molar-refractivity contribution is -0.122. The number of nitrogens with one attached hydrogen (secondary N) is 1. The summed E-state index contributed by atoms with van der Waals surface area (Å²) in [6.45, 7) is 11.2. The van der Waals surface area contributed by atoms with Gasteiger partial charge in [0.1, 0.15) is 11.4 Å². The summed E-state index contributed by atoms with van der Waals surface area (Å²) in [4.78, 5) is 56.1. The molecule has 198 valence electrons. The summed E-state index contributed by atoms with van der Waals surface area (Å²) >= 11 is 1.09. The molecule has 1 aromatic carbocycles. The van der Waals surface area contributed by atoms with Crippen LogP contribution in [0.5, 0.6) is 0 Å². The van der Waals surface area contributed by atoms with Crippen LogP contribution in [-0.4, -0.2) is 58.2 Å². The quantitative estimate of drug-likeness (QED) is 0.486. The van der Waals surface area contributed by atoms with Crippen LogP contribution in [0.15, 0.2) is 27.8 Å². The molecule has 2 aromatic heterocycles. The van der Waals surface area contributed by atoms with Crippen molar-refractivity contribution in [2.45, 2.75) is 60.1 Å². The van der Waals surface area contributed by atoms with E-state index < -0.39 is 11.2 Å². The zero-order valence-electron chi connectivity index (χ0n) is 22.1. The number of aromatic nitrogens is 2. The van der Waals surface area contributed by atoms with Crippen molar-refractivity contribution in [2.75, 3.05) is 26.2 Å². The molecule has 4 rings (SSSR count). The Kier molecular flexibility index (Phi) is 7.99. The van der Waals surface area contributed by atoms with E-state index in [1.807, 2.05) is 33.8 Å². The van der Waals surface area contributed by atoms with Gasteiger partial charge in [0.15, 0.2) is 0 Å². The Morgan fingerprint density at radius 1 is 1.14 bits per heavy atom. The predicted molar refractivity (Wildman–Crippen MR) is 145 cm³/mol. The van der Waals surface area contributed by atoms with Gasteiger partial charge in [-0.2, -0.15) is 0 Å². The molecule has 1 aliphatic rings. The van der Waals surface area contributed by atoms with Crippen molar-refractivity contribution in [3.05, 3.63) is 60.6 Å². The number of hydrogen-bond acceptors (Lipinski definition) is 6. The van der Waals surface area contributed by atoms with Crippen molar-refractivity contribution >= 4 is 33.4 Å². The maximum Gasteiger partial charge on any atom is 0.337 e. The Morgan fingerprint density at radius 3 is 2.49 bits per heavy atom. The van der Waals surface area contributed by atoms with Crippen LogP contribution in [0.25, 0.3) is 15.9 Å². The number of fused-ring (bicyclic) bond motifs is 1. The molecule has 0 spiro atoms. The molecule has 1 fully saturated rings. The number of amides is 2. The fourth-order valence-electron chi connectivity index (χ4n) is 4.67. The van der Waals surface area contributed by atoms with E-state index in [1.54, 1.807) is 24.0 Å². The summed E-state index contributed by atoms with van der Waals surface area (Å²) in [5, 5.41) is 3.14. The average Bonchev–Trinajstić information content (AvgIpc) is 3.51. The zero-order valence-corrected chi connectivity index (χ0v) is 22.9. The third-order valence-corrected chi connectivity index (χ3v) is 8.36. The molecule has 3 heterocycles. The van der Waals surface area contributed by atoms with Crippen LogP contribution in [0.4, 0.5) is 0 Å². The lowest BCUT2D eigenvalue weighted by Crippen LogP contribution is -2.42. The highest BCUT2D eigenvalue weighted by Crippen LogP contribution is 2.29. The number of thiophene rings is 1. The molecule has 0 bridgehead atoms. The summed E-state index contributed by atoms with van der Waals surface area (Å²) in [6, 6.07) is 5.37. The van der Waals surface area contributed by atoms with Crippen molar-refractivity contribution < 1.29 is 14.3 Å². The van der Waals surface area contributed by atoms with Gasteiger partial charge in [-0.1, -0.05) is 6.07 Å². The van der Waals surface area contributed by atoms with Gasteiger partial charge in [-0.25, -0.2) is 9.36 Å². The molecule has 0 saturated carbocycles. The Bertz CT molecular complexity index is 1460. The Hall–Kier alpha value is -3.24. The SMILES string of the molecule is CCN(CC)C(=O)c1sc2c(c1C)c(=O)n(-c1ccc(C)c(C)c1)c(=O)n2CC(=O)NC[C@H]1CCCO1. The fraction of sp³-hybridized carbons (Fsp3) is 0.481. The van der Waals surface area contributed by atoms with E-state index in [-0.39, 0.29) is 29.8 Å². The van der Waals surface area contributed by atoms with Gasteiger partial charge in [0, 0.05) is 26.2 Å². The van der Waals surface area contributed by atoms with E-state index >= 15 is 0 Å². The Morgan fingerprint density at radius 2 is 1.86 bits per heavy atom. The first-order valence-corrected chi connectivity index (χ1v) is 13.5. The molecule has 3 aromatic rings. The van der Waals surface area contributed by atoms with E-state index in [9.17, 15) is 19.2 Å². The van der Waals surface area contributed by atoms with Gasteiger partial charge in [0.05, 0.1) is 22.1 Å². The summed E-state index contributed by atoms with van der Waals surface area (Å²) < 4.78 is 8.00. The van der Waals surface area contributed by atoms with Crippen molar-refractivity contribution in [3.63, 3.8) is 0 Å². The second kappa shape index (κ2) is 11.0. The second-order valence-electron chi connectivity index (χ2n) is 9.43. The van der Waals surface area contributed by atoms with Crippen LogP contribution < -0.4 is 16.6 Å². The number of ether oxygens (including phenoxy) is 1.